The highest BCUT2D eigenvalue weighted by Crippen LogP contribution is 2.36. The first-order chi connectivity index (χ1) is 7.25. The molecule has 1 spiro atoms. The van der Waals surface area contributed by atoms with Crippen molar-refractivity contribution in [2.75, 3.05) is 26.3 Å². The summed E-state index contributed by atoms with van der Waals surface area (Å²) in [5.74, 6) is 0. The van der Waals surface area contributed by atoms with E-state index in [4.69, 9.17) is 4.74 Å². The van der Waals surface area contributed by atoms with Gasteiger partial charge in [-0.1, -0.05) is 13.8 Å². The van der Waals surface area contributed by atoms with Crippen LogP contribution >= 0.6 is 0 Å². The van der Waals surface area contributed by atoms with Gasteiger partial charge in [0.2, 0.25) is 0 Å². The third kappa shape index (κ3) is 2.25. The van der Waals surface area contributed by atoms with Crippen molar-refractivity contribution in [1.82, 2.24) is 10.4 Å². The molecule has 2 rings (SSSR count). The van der Waals surface area contributed by atoms with Crippen molar-refractivity contribution in [2.45, 2.75) is 45.2 Å². The Bertz CT molecular complexity index is 278. The molecule has 2 aliphatic rings. The summed E-state index contributed by atoms with van der Waals surface area (Å²) in [5.41, 5.74) is -0.0621. The number of rotatable bonds is 0. The summed E-state index contributed by atoms with van der Waals surface area (Å²) in [5, 5.41) is 15.0. The smallest absolute Gasteiger partial charge is 0.0662 e. The molecule has 2 heterocycles. The summed E-state index contributed by atoms with van der Waals surface area (Å²) in [6, 6.07) is 0. The van der Waals surface area contributed by atoms with Crippen LogP contribution in [0.3, 0.4) is 0 Å². The van der Waals surface area contributed by atoms with Gasteiger partial charge in [0.25, 0.3) is 0 Å². The molecule has 0 amide bonds. The quantitative estimate of drug-likeness (QED) is 0.655. The van der Waals surface area contributed by atoms with Crippen LogP contribution in [-0.4, -0.2) is 47.7 Å². The molecular formula is C12H24N2O2. The number of ether oxygens (including phenoxy) is 1. The monoisotopic (exact) mass is 228 g/mol. The molecular weight excluding hydrogens is 204 g/mol. The Hall–Kier alpha value is -0.160. The Morgan fingerprint density at radius 1 is 1.19 bits per heavy atom. The Labute approximate surface area is 97.9 Å². The molecule has 1 atom stereocenters. The van der Waals surface area contributed by atoms with Crippen LogP contribution in [0.4, 0.5) is 0 Å². The summed E-state index contributed by atoms with van der Waals surface area (Å²) in [6.07, 6.45) is 0.923. The maximum atomic E-state index is 9.93. The van der Waals surface area contributed by atoms with Crippen molar-refractivity contribution in [3.63, 3.8) is 0 Å². The Morgan fingerprint density at radius 3 is 2.44 bits per heavy atom. The van der Waals surface area contributed by atoms with Gasteiger partial charge in [-0.05, 0) is 20.3 Å². The maximum absolute atomic E-state index is 9.93. The molecule has 16 heavy (non-hydrogen) atoms. The second-order valence-corrected chi connectivity index (χ2v) is 6.84. The number of nitrogens with zero attached hydrogens (tertiary/aromatic N) is 1. The minimum absolute atomic E-state index is 0.0774. The van der Waals surface area contributed by atoms with Gasteiger partial charge in [0.05, 0.1) is 18.8 Å². The minimum atomic E-state index is -0.162. The minimum Gasteiger partial charge on any atom is -0.379 e. The third-order valence-electron chi connectivity index (χ3n) is 3.74. The lowest BCUT2D eigenvalue weighted by molar-refractivity contribution is -0.138. The molecule has 0 bridgehead atoms. The highest BCUT2D eigenvalue weighted by atomic mass is 16.5. The Balaban J connectivity index is 2.10. The van der Waals surface area contributed by atoms with Gasteiger partial charge in [-0.3, -0.25) is 0 Å². The van der Waals surface area contributed by atoms with Crippen LogP contribution in [-0.2, 0) is 4.74 Å². The van der Waals surface area contributed by atoms with E-state index >= 15 is 0 Å². The number of hydrogen-bond acceptors (Lipinski definition) is 4. The van der Waals surface area contributed by atoms with Crippen LogP contribution < -0.4 is 5.32 Å². The molecule has 2 aliphatic heterocycles. The lowest BCUT2D eigenvalue weighted by atomic mass is 9.89. The van der Waals surface area contributed by atoms with E-state index in [1.165, 1.54) is 5.06 Å². The fraction of sp³-hybridized carbons (Fsp3) is 1.00. The van der Waals surface area contributed by atoms with Gasteiger partial charge in [-0.15, -0.1) is 0 Å². The van der Waals surface area contributed by atoms with Gasteiger partial charge < -0.3 is 15.3 Å². The first kappa shape index (κ1) is 12.3. The standard InChI is InChI=1S/C12H24N2O2/c1-10(2)6-13-12(9-16-8-10)5-11(3,4)14(15)7-12/h13,15H,5-9H2,1-4H3. The van der Waals surface area contributed by atoms with E-state index in [0.717, 1.165) is 19.6 Å². The van der Waals surface area contributed by atoms with E-state index in [1.807, 2.05) is 0 Å². The van der Waals surface area contributed by atoms with Gasteiger partial charge in [0.1, 0.15) is 0 Å². The molecule has 0 aromatic heterocycles. The van der Waals surface area contributed by atoms with Crippen LogP contribution in [0.1, 0.15) is 34.1 Å². The molecule has 0 aromatic carbocycles. The number of hydrogen-bond donors (Lipinski definition) is 2. The molecule has 2 fully saturated rings. The van der Waals surface area contributed by atoms with Gasteiger partial charge in [-0.25, -0.2) is 0 Å². The fourth-order valence-corrected chi connectivity index (χ4v) is 2.74. The zero-order valence-electron chi connectivity index (χ0n) is 10.8. The van der Waals surface area contributed by atoms with E-state index in [-0.39, 0.29) is 16.5 Å². The molecule has 0 aromatic rings. The van der Waals surface area contributed by atoms with Crippen LogP contribution in [0.5, 0.6) is 0 Å². The van der Waals surface area contributed by atoms with Crippen molar-refractivity contribution in [2.24, 2.45) is 5.41 Å². The molecule has 4 nitrogen and oxygen atoms in total. The molecule has 0 saturated carbocycles. The Kier molecular flexibility index (Phi) is 2.82. The van der Waals surface area contributed by atoms with Crippen LogP contribution in [0.15, 0.2) is 0 Å². The molecule has 4 heteroatoms. The third-order valence-corrected chi connectivity index (χ3v) is 3.74. The first-order valence-electron chi connectivity index (χ1n) is 6.04. The van der Waals surface area contributed by atoms with Crippen molar-refractivity contribution in [3.05, 3.63) is 0 Å². The summed E-state index contributed by atoms with van der Waals surface area (Å²) in [4.78, 5) is 0. The summed E-state index contributed by atoms with van der Waals surface area (Å²) >= 11 is 0. The average molecular weight is 228 g/mol. The van der Waals surface area contributed by atoms with Crippen LogP contribution in [0.2, 0.25) is 0 Å². The van der Waals surface area contributed by atoms with Crippen molar-refractivity contribution in [1.29, 1.82) is 0 Å². The molecule has 0 aliphatic carbocycles. The van der Waals surface area contributed by atoms with Gasteiger partial charge >= 0.3 is 0 Å². The van der Waals surface area contributed by atoms with Crippen molar-refractivity contribution < 1.29 is 9.94 Å². The highest BCUT2D eigenvalue weighted by molar-refractivity contribution is 5.05. The van der Waals surface area contributed by atoms with Crippen molar-refractivity contribution >= 4 is 0 Å². The molecule has 2 saturated heterocycles. The summed E-state index contributed by atoms with van der Waals surface area (Å²) in [7, 11) is 0. The molecule has 0 radical (unpaired) electrons. The average Bonchev–Trinajstić information content (AvgIpc) is 2.26. The lowest BCUT2D eigenvalue weighted by Crippen LogP contribution is -2.51. The number of nitrogens with one attached hydrogen (secondary N) is 1. The summed E-state index contributed by atoms with van der Waals surface area (Å²) < 4.78 is 5.79. The van der Waals surface area contributed by atoms with E-state index in [9.17, 15) is 5.21 Å². The second kappa shape index (κ2) is 3.67. The zero-order valence-corrected chi connectivity index (χ0v) is 10.8. The topological polar surface area (TPSA) is 44.7 Å². The van der Waals surface area contributed by atoms with Gasteiger partial charge in [0.15, 0.2) is 0 Å². The molecule has 2 N–H and O–H groups in total. The second-order valence-electron chi connectivity index (χ2n) is 6.84. The predicted molar refractivity (Wildman–Crippen MR) is 62.5 cm³/mol. The predicted octanol–water partition coefficient (Wildman–Crippen LogP) is 1.24. The molecule has 94 valence electrons. The SMILES string of the molecule is CC1(C)CNC2(COC1)CN(O)C(C)(C)C2. The highest BCUT2D eigenvalue weighted by Gasteiger charge is 2.49. The van der Waals surface area contributed by atoms with Crippen LogP contribution in [0, 0.1) is 5.41 Å². The zero-order chi connectivity index (χ0) is 12.0. The van der Waals surface area contributed by atoms with Crippen molar-refractivity contribution in [3.8, 4) is 0 Å². The lowest BCUT2D eigenvalue weighted by Gasteiger charge is -2.29. The maximum Gasteiger partial charge on any atom is 0.0662 e. The Morgan fingerprint density at radius 2 is 1.88 bits per heavy atom. The fourth-order valence-electron chi connectivity index (χ4n) is 2.74. The summed E-state index contributed by atoms with van der Waals surface area (Å²) in [6.45, 7) is 11.6. The first-order valence-corrected chi connectivity index (χ1v) is 6.04. The van der Waals surface area contributed by atoms with E-state index in [2.05, 4.69) is 33.0 Å². The number of hydroxylamine groups is 2. The van der Waals surface area contributed by atoms with E-state index in [1.54, 1.807) is 0 Å². The van der Waals surface area contributed by atoms with Gasteiger partial charge in [-0.2, -0.15) is 5.06 Å². The normalized spacial score (nSPS) is 38.8. The van der Waals surface area contributed by atoms with E-state index in [0.29, 0.717) is 13.2 Å². The van der Waals surface area contributed by atoms with E-state index < -0.39 is 0 Å². The van der Waals surface area contributed by atoms with Gasteiger partial charge in [0, 0.05) is 24.0 Å². The largest absolute Gasteiger partial charge is 0.379 e. The van der Waals surface area contributed by atoms with Crippen LogP contribution in [0.25, 0.3) is 0 Å². The molecule has 1 unspecified atom stereocenters.